The largest absolute Gasteiger partial charge is 0.496 e. The SMILES string of the molecule is CCC[C@@](CC)(NC(=O)[C@@H]1C[C@]2(OC)CN1C(=O)[C@H](C1CCOCC1)NC(=O)OCCC(C)(C)CCCc1cc3cc2ccc3cc1OC)C(=O)NS(=O)(=O)C1CC1. The van der Waals surface area contributed by atoms with Crippen LogP contribution in [0.5, 0.6) is 5.75 Å². The van der Waals surface area contributed by atoms with Crippen LogP contribution in [0.4, 0.5) is 4.79 Å². The maximum Gasteiger partial charge on any atom is 0.407 e. The highest BCUT2D eigenvalue weighted by Crippen LogP contribution is 2.42. The molecule has 2 aromatic carbocycles. The Balaban J connectivity index is 1.44. The van der Waals surface area contributed by atoms with E-state index in [1.54, 1.807) is 21.1 Å². The molecule has 2 aromatic rings. The second-order valence-corrected chi connectivity index (χ2v) is 19.4. The summed E-state index contributed by atoms with van der Waals surface area (Å²) in [5, 5.41) is 7.12. The van der Waals surface area contributed by atoms with E-state index in [2.05, 4.69) is 35.3 Å². The fourth-order valence-electron chi connectivity index (χ4n) is 8.98. The van der Waals surface area contributed by atoms with E-state index in [1.165, 1.54) is 4.90 Å². The number of nitrogens with one attached hydrogen (secondary N) is 3. The third kappa shape index (κ3) is 9.41. The van der Waals surface area contributed by atoms with Crippen LogP contribution in [0.3, 0.4) is 0 Å². The Morgan fingerprint density at radius 1 is 1.00 bits per heavy atom. The predicted molar refractivity (Wildman–Crippen MR) is 219 cm³/mol. The molecule has 15 heteroatoms. The summed E-state index contributed by atoms with van der Waals surface area (Å²) in [6.07, 6.45) is 5.18. The Hall–Kier alpha value is -3.95. The summed E-state index contributed by atoms with van der Waals surface area (Å²) in [5.41, 5.74) is -1.06. The molecule has 3 heterocycles. The van der Waals surface area contributed by atoms with Gasteiger partial charge in [-0.05, 0) is 116 Å². The lowest BCUT2D eigenvalue weighted by molar-refractivity contribution is -0.143. The molecule has 3 fully saturated rings. The van der Waals surface area contributed by atoms with Crippen molar-refractivity contribution in [2.45, 2.75) is 133 Å². The first-order valence-corrected chi connectivity index (χ1v) is 22.5. The minimum atomic E-state index is -3.92. The number of fused-ring (bicyclic) bond motifs is 5. The number of carbonyl (C=O) groups is 4. The van der Waals surface area contributed by atoms with Crippen molar-refractivity contribution in [3.8, 4) is 5.75 Å². The molecule has 0 unspecified atom stereocenters. The van der Waals surface area contributed by atoms with Gasteiger partial charge in [0.25, 0.3) is 5.91 Å². The van der Waals surface area contributed by atoms with Gasteiger partial charge < -0.3 is 34.5 Å². The summed E-state index contributed by atoms with van der Waals surface area (Å²) in [5.74, 6) is -1.41. The number of alkyl carbamates (subject to hydrolysis) is 1. The molecule has 0 spiro atoms. The maximum atomic E-state index is 15.1. The minimum absolute atomic E-state index is 0.0313. The minimum Gasteiger partial charge on any atom is -0.496 e. The maximum absolute atomic E-state index is 15.1. The fraction of sp³-hybridized carbons (Fsp3) is 0.674. The Bertz CT molecular complexity index is 1960. The molecule has 4 aliphatic rings. The summed E-state index contributed by atoms with van der Waals surface area (Å²) in [6, 6.07) is 7.92. The van der Waals surface area contributed by atoms with Crippen LogP contribution in [-0.4, -0.2) is 101 Å². The van der Waals surface area contributed by atoms with Crippen LogP contribution >= 0.6 is 0 Å². The standard InChI is InChI=1S/C43H62N4O10S/c1-7-17-42(8-2,39(50)46-58(52,53)33-13-14-33)45-37(48)34-26-43(55-6)27-47(34)38(49)36(28-15-20-56-21-16-28)44-40(51)57-22-19-41(3,4)18-9-10-30-23-31-24-32(43)12-11-29(31)25-35(30)54-5/h11-12,23-25,28,33-34,36H,7-10,13-22,26-27H2,1-6H3,(H,44,51)(H,45,48)(H,46,50)/t34-,36-,42+,43-/m0/s1. The van der Waals surface area contributed by atoms with Crippen LogP contribution in [0.2, 0.25) is 0 Å². The Labute approximate surface area is 342 Å². The molecular weight excluding hydrogens is 765 g/mol. The molecule has 3 aliphatic heterocycles. The highest BCUT2D eigenvalue weighted by molar-refractivity contribution is 7.91. The monoisotopic (exact) mass is 826 g/mol. The Kier molecular flexibility index (Phi) is 13.3. The molecule has 5 bridgehead atoms. The first-order valence-electron chi connectivity index (χ1n) is 21.0. The lowest BCUT2D eigenvalue weighted by atomic mass is 9.83. The molecule has 4 amide bonds. The molecule has 4 atom stereocenters. The van der Waals surface area contributed by atoms with Crippen molar-refractivity contribution in [2.75, 3.05) is 40.6 Å². The quantitative estimate of drug-likeness (QED) is 0.272. The number of methoxy groups -OCH3 is 2. The van der Waals surface area contributed by atoms with Gasteiger partial charge in [-0.1, -0.05) is 46.2 Å². The number of hydrogen-bond acceptors (Lipinski definition) is 10. The van der Waals surface area contributed by atoms with Gasteiger partial charge in [-0.3, -0.25) is 19.1 Å². The van der Waals surface area contributed by atoms with E-state index in [4.69, 9.17) is 18.9 Å². The zero-order valence-electron chi connectivity index (χ0n) is 34.9. The van der Waals surface area contributed by atoms with Gasteiger partial charge in [0.2, 0.25) is 21.8 Å². The zero-order chi connectivity index (χ0) is 41.9. The summed E-state index contributed by atoms with van der Waals surface area (Å²) < 4.78 is 51.7. The average Bonchev–Trinajstić information content (AvgIpc) is 4.00. The molecule has 14 nitrogen and oxygen atoms in total. The van der Waals surface area contributed by atoms with Crippen LogP contribution in [0.15, 0.2) is 30.3 Å². The average molecular weight is 827 g/mol. The lowest BCUT2D eigenvalue weighted by Gasteiger charge is -2.36. The normalized spacial score (nSPS) is 25.9. The molecule has 0 radical (unpaired) electrons. The van der Waals surface area contributed by atoms with E-state index in [-0.39, 0.29) is 43.7 Å². The van der Waals surface area contributed by atoms with Gasteiger partial charge in [0.1, 0.15) is 29.0 Å². The topological polar surface area (TPSA) is 179 Å². The van der Waals surface area contributed by atoms with Gasteiger partial charge in [-0.25, -0.2) is 13.2 Å². The highest BCUT2D eigenvalue weighted by Gasteiger charge is 2.54. The summed E-state index contributed by atoms with van der Waals surface area (Å²) >= 11 is 0. The van der Waals surface area contributed by atoms with E-state index >= 15 is 4.79 Å². The third-order valence-electron chi connectivity index (χ3n) is 12.9. The van der Waals surface area contributed by atoms with Gasteiger partial charge in [0.05, 0.1) is 25.5 Å². The van der Waals surface area contributed by atoms with Gasteiger partial charge >= 0.3 is 6.09 Å². The van der Waals surface area contributed by atoms with Gasteiger partial charge in [0, 0.05) is 26.7 Å². The number of hydrogen-bond donors (Lipinski definition) is 3. The lowest BCUT2D eigenvalue weighted by Crippen LogP contribution is -2.63. The van der Waals surface area contributed by atoms with E-state index in [0.717, 1.165) is 46.9 Å². The van der Waals surface area contributed by atoms with Gasteiger partial charge in [-0.15, -0.1) is 0 Å². The van der Waals surface area contributed by atoms with Crippen molar-refractivity contribution in [2.24, 2.45) is 11.3 Å². The first kappa shape index (κ1) is 43.6. The van der Waals surface area contributed by atoms with Crippen molar-refractivity contribution < 1.29 is 46.5 Å². The molecule has 320 valence electrons. The number of sulfonamides is 1. The summed E-state index contributed by atoms with van der Waals surface area (Å²) in [7, 11) is -0.695. The molecule has 2 saturated heterocycles. The van der Waals surface area contributed by atoms with E-state index < -0.39 is 62.3 Å². The number of amides is 4. The third-order valence-corrected chi connectivity index (χ3v) is 14.8. The van der Waals surface area contributed by atoms with Crippen molar-refractivity contribution in [3.05, 3.63) is 41.5 Å². The van der Waals surface area contributed by atoms with E-state index in [9.17, 15) is 22.8 Å². The predicted octanol–water partition coefficient (Wildman–Crippen LogP) is 5.24. The summed E-state index contributed by atoms with van der Waals surface area (Å²) in [4.78, 5) is 58.9. The van der Waals surface area contributed by atoms with Crippen molar-refractivity contribution >= 4 is 44.6 Å². The number of cyclic esters (lactones) is 1. The molecule has 3 N–H and O–H groups in total. The number of nitrogens with zero attached hydrogens (tertiary/aromatic N) is 1. The highest BCUT2D eigenvalue weighted by atomic mass is 32.2. The fourth-order valence-corrected chi connectivity index (χ4v) is 10.4. The molecule has 1 aliphatic carbocycles. The van der Waals surface area contributed by atoms with E-state index in [0.29, 0.717) is 51.7 Å². The number of rotatable bonds is 11. The number of ether oxygens (including phenoxy) is 4. The molecule has 1 saturated carbocycles. The number of aryl methyl sites for hydroxylation is 1. The van der Waals surface area contributed by atoms with Crippen LogP contribution in [0.1, 0.15) is 109 Å². The smallest absolute Gasteiger partial charge is 0.407 e. The Morgan fingerprint density at radius 2 is 1.74 bits per heavy atom. The van der Waals surface area contributed by atoms with Crippen LogP contribution < -0.4 is 20.1 Å². The molecule has 6 rings (SSSR count). The van der Waals surface area contributed by atoms with Crippen molar-refractivity contribution in [3.63, 3.8) is 0 Å². The number of benzene rings is 2. The first-order chi connectivity index (χ1) is 27.6. The number of carbonyl (C=O) groups excluding carboxylic acids is 4. The molecular formula is C43H62N4O10S. The van der Waals surface area contributed by atoms with Crippen molar-refractivity contribution in [1.82, 2.24) is 20.3 Å². The van der Waals surface area contributed by atoms with Crippen LogP contribution in [0.25, 0.3) is 10.8 Å². The van der Waals surface area contributed by atoms with E-state index in [1.807, 2.05) is 31.2 Å². The van der Waals surface area contributed by atoms with Crippen LogP contribution in [0, 0.1) is 11.3 Å². The molecule has 0 aromatic heterocycles. The zero-order valence-corrected chi connectivity index (χ0v) is 35.8. The second-order valence-electron chi connectivity index (χ2n) is 17.4. The Morgan fingerprint density at radius 3 is 2.40 bits per heavy atom. The van der Waals surface area contributed by atoms with Gasteiger partial charge in [0.15, 0.2) is 0 Å². The van der Waals surface area contributed by atoms with Crippen LogP contribution in [-0.2, 0) is 50.6 Å². The van der Waals surface area contributed by atoms with Crippen molar-refractivity contribution in [1.29, 1.82) is 0 Å². The summed E-state index contributed by atoms with van der Waals surface area (Å²) in [6.45, 7) is 8.82. The molecule has 58 heavy (non-hydrogen) atoms. The van der Waals surface area contributed by atoms with Gasteiger partial charge in [-0.2, -0.15) is 0 Å². The second kappa shape index (κ2) is 17.7.